The molecular formula is C17H26IN7O2. The summed E-state index contributed by atoms with van der Waals surface area (Å²) in [4.78, 5) is 35.2. The van der Waals surface area contributed by atoms with Crippen molar-refractivity contribution in [2.24, 2.45) is 4.99 Å². The molecule has 0 unspecified atom stereocenters. The summed E-state index contributed by atoms with van der Waals surface area (Å²) >= 11 is 0. The Morgan fingerprint density at radius 3 is 2.70 bits per heavy atom. The van der Waals surface area contributed by atoms with E-state index in [1.807, 2.05) is 24.4 Å². The van der Waals surface area contributed by atoms with Crippen molar-refractivity contribution in [2.45, 2.75) is 18.9 Å². The Morgan fingerprint density at radius 2 is 2.11 bits per heavy atom. The van der Waals surface area contributed by atoms with E-state index in [1.165, 1.54) is 4.90 Å². The second-order valence-electron chi connectivity index (χ2n) is 6.30. The highest BCUT2D eigenvalue weighted by atomic mass is 127. The van der Waals surface area contributed by atoms with Crippen molar-refractivity contribution in [1.82, 2.24) is 25.8 Å². The molecule has 1 aromatic heterocycles. The van der Waals surface area contributed by atoms with Gasteiger partial charge in [0.25, 0.3) is 0 Å². The molecule has 27 heavy (non-hydrogen) atoms. The Labute approximate surface area is 176 Å². The second kappa shape index (κ2) is 10.3. The lowest BCUT2D eigenvalue weighted by Gasteiger charge is -2.33. The van der Waals surface area contributed by atoms with Crippen molar-refractivity contribution in [3.63, 3.8) is 0 Å². The summed E-state index contributed by atoms with van der Waals surface area (Å²) in [5.41, 5.74) is 0. The number of guanidine groups is 1. The molecule has 3 amide bonds. The molecule has 2 aliphatic heterocycles. The van der Waals surface area contributed by atoms with Crippen LogP contribution in [0, 0.1) is 0 Å². The van der Waals surface area contributed by atoms with Crippen molar-refractivity contribution in [1.29, 1.82) is 0 Å². The number of aromatic nitrogens is 1. The summed E-state index contributed by atoms with van der Waals surface area (Å²) in [6.07, 6.45) is 3.80. The van der Waals surface area contributed by atoms with Gasteiger partial charge in [0.2, 0.25) is 5.91 Å². The maximum Gasteiger partial charge on any atom is 0.324 e. The molecular weight excluding hydrogens is 461 g/mol. The van der Waals surface area contributed by atoms with Crippen LogP contribution >= 0.6 is 24.0 Å². The number of rotatable bonds is 5. The number of hydrogen-bond donors (Lipinski definition) is 3. The Kier molecular flexibility index (Phi) is 8.07. The van der Waals surface area contributed by atoms with Gasteiger partial charge in [0.05, 0.1) is 6.54 Å². The summed E-state index contributed by atoms with van der Waals surface area (Å²) in [5, 5.41) is 9.09. The van der Waals surface area contributed by atoms with Crippen LogP contribution in [-0.4, -0.2) is 73.6 Å². The smallest absolute Gasteiger partial charge is 0.324 e. The van der Waals surface area contributed by atoms with Gasteiger partial charge in [0, 0.05) is 45.5 Å². The lowest BCUT2D eigenvalue weighted by atomic mass is 10.1. The zero-order valence-electron chi connectivity index (χ0n) is 15.4. The van der Waals surface area contributed by atoms with Crippen LogP contribution in [0.2, 0.25) is 0 Å². The van der Waals surface area contributed by atoms with Gasteiger partial charge in [0.1, 0.15) is 5.82 Å². The first-order valence-corrected chi connectivity index (χ1v) is 8.88. The number of halogens is 1. The molecule has 0 aliphatic carbocycles. The van der Waals surface area contributed by atoms with Gasteiger partial charge in [-0.3, -0.25) is 14.7 Å². The number of carbonyl (C=O) groups is 2. The van der Waals surface area contributed by atoms with E-state index in [4.69, 9.17) is 0 Å². The fraction of sp³-hybridized carbons (Fsp3) is 0.529. The molecule has 3 rings (SSSR count). The van der Waals surface area contributed by atoms with Gasteiger partial charge >= 0.3 is 6.03 Å². The van der Waals surface area contributed by atoms with Gasteiger partial charge in [-0.05, 0) is 25.0 Å². The van der Waals surface area contributed by atoms with Crippen LogP contribution in [-0.2, 0) is 4.79 Å². The van der Waals surface area contributed by atoms with Crippen molar-refractivity contribution < 1.29 is 9.59 Å². The SMILES string of the molecule is CN=C(NCCN1C(=O)CNC1=O)NC1CCN(c2ccccn2)CC1.I. The van der Waals surface area contributed by atoms with Crippen LogP contribution in [0.4, 0.5) is 10.6 Å². The Morgan fingerprint density at radius 1 is 1.33 bits per heavy atom. The Bertz CT molecular complexity index is 647. The van der Waals surface area contributed by atoms with Crippen molar-refractivity contribution in [2.75, 3.05) is 44.7 Å². The van der Waals surface area contributed by atoms with Gasteiger partial charge in [-0.1, -0.05) is 6.07 Å². The van der Waals surface area contributed by atoms with E-state index < -0.39 is 0 Å². The topological polar surface area (TPSA) is 102 Å². The number of urea groups is 1. The third kappa shape index (κ3) is 5.68. The maximum atomic E-state index is 11.6. The highest BCUT2D eigenvalue weighted by molar-refractivity contribution is 14.0. The van der Waals surface area contributed by atoms with Gasteiger partial charge in [-0.25, -0.2) is 9.78 Å². The molecule has 0 spiro atoms. The van der Waals surface area contributed by atoms with Crippen molar-refractivity contribution >= 4 is 47.7 Å². The highest BCUT2D eigenvalue weighted by Crippen LogP contribution is 2.17. The lowest BCUT2D eigenvalue weighted by molar-refractivity contribution is -0.124. The van der Waals surface area contributed by atoms with Crippen LogP contribution in [0.15, 0.2) is 29.4 Å². The number of hydrogen-bond acceptors (Lipinski definition) is 5. The molecule has 0 atom stereocenters. The van der Waals surface area contributed by atoms with E-state index >= 15 is 0 Å². The zero-order chi connectivity index (χ0) is 18.4. The average molecular weight is 487 g/mol. The summed E-state index contributed by atoms with van der Waals surface area (Å²) < 4.78 is 0. The number of pyridine rings is 1. The van der Waals surface area contributed by atoms with E-state index in [9.17, 15) is 9.59 Å². The maximum absolute atomic E-state index is 11.6. The summed E-state index contributed by atoms with van der Waals surface area (Å²) in [6.45, 7) is 2.75. The molecule has 0 bridgehead atoms. The van der Waals surface area contributed by atoms with Crippen LogP contribution in [0.5, 0.6) is 0 Å². The summed E-state index contributed by atoms with van der Waals surface area (Å²) in [5.74, 6) is 1.51. The van der Waals surface area contributed by atoms with E-state index in [1.54, 1.807) is 7.05 Å². The monoisotopic (exact) mass is 487 g/mol. The summed E-state index contributed by atoms with van der Waals surface area (Å²) in [6, 6.07) is 5.96. The molecule has 3 N–H and O–H groups in total. The molecule has 2 aliphatic rings. The van der Waals surface area contributed by atoms with Crippen LogP contribution in [0.3, 0.4) is 0 Å². The fourth-order valence-corrected chi connectivity index (χ4v) is 3.15. The Hall–Kier alpha value is -2.11. The van der Waals surface area contributed by atoms with Gasteiger partial charge < -0.3 is 20.9 Å². The number of aliphatic imine (C=N–C) groups is 1. The third-order valence-electron chi connectivity index (χ3n) is 4.60. The molecule has 0 radical (unpaired) electrons. The molecule has 10 heteroatoms. The zero-order valence-corrected chi connectivity index (χ0v) is 17.7. The van der Waals surface area contributed by atoms with Crippen LogP contribution in [0.1, 0.15) is 12.8 Å². The Balaban J connectivity index is 0.00000261. The number of piperidine rings is 1. The van der Waals surface area contributed by atoms with E-state index in [-0.39, 0.29) is 42.5 Å². The van der Waals surface area contributed by atoms with Crippen LogP contribution in [0.25, 0.3) is 0 Å². The van der Waals surface area contributed by atoms with Gasteiger partial charge in [-0.2, -0.15) is 0 Å². The number of anilines is 1. The van der Waals surface area contributed by atoms with Crippen molar-refractivity contribution in [3.8, 4) is 0 Å². The van der Waals surface area contributed by atoms with Gasteiger partial charge in [0.15, 0.2) is 5.96 Å². The number of imide groups is 1. The third-order valence-corrected chi connectivity index (χ3v) is 4.60. The normalized spacial score (nSPS) is 18.2. The number of nitrogens with one attached hydrogen (secondary N) is 3. The van der Waals surface area contributed by atoms with E-state index in [0.29, 0.717) is 25.1 Å². The van der Waals surface area contributed by atoms with E-state index in [0.717, 1.165) is 31.7 Å². The van der Waals surface area contributed by atoms with Gasteiger partial charge in [-0.15, -0.1) is 24.0 Å². The fourth-order valence-electron chi connectivity index (χ4n) is 3.15. The minimum Gasteiger partial charge on any atom is -0.356 e. The number of nitrogens with zero attached hydrogens (tertiary/aromatic N) is 4. The molecule has 0 aromatic carbocycles. The predicted octanol–water partition coefficient (Wildman–Crippen LogP) is 0.385. The second-order valence-corrected chi connectivity index (χ2v) is 6.30. The molecule has 148 valence electrons. The highest BCUT2D eigenvalue weighted by Gasteiger charge is 2.27. The largest absolute Gasteiger partial charge is 0.356 e. The quantitative estimate of drug-likeness (QED) is 0.241. The van der Waals surface area contributed by atoms with Crippen LogP contribution < -0.4 is 20.9 Å². The first-order chi connectivity index (χ1) is 12.7. The molecule has 1 aromatic rings. The first kappa shape index (κ1) is 21.2. The molecule has 9 nitrogen and oxygen atoms in total. The average Bonchev–Trinajstić information content (AvgIpc) is 3.00. The minimum absolute atomic E-state index is 0. The molecule has 2 fully saturated rings. The molecule has 2 saturated heterocycles. The lowest BCUT2D eigenvalue weighted by Crippen LogP contribution is -2.50. The minimum atomic E-state index is -0.332. The standard InChI is InChI=1S/C17H25N7O2.HI/c1-18-16(20-8-11-24-15(25)12-21-17(24)26)22-13-5-9-23(10-6-13)14-4-2-3-7-19-14;/h2-4,7,13H,5-6,8-12H2,1H3,(H,21,26)(H2,18,20,22);1H. The van der Waals surface area contributed by atoms with Crippen molar-refractivity contribution in [3.05, 3.63) is 24.4 Å². The summed E-state index contributed by atoms with van der Waals surface area (Å²) in [7, 11) is 1.71. The first-order valence-electron chi connectivity index (χ1n) is 8.88. The molecule has 0 saturated carbocycles. The number of carbonyl (C=O) groups excluding carboxylic acids is 2. The van der Waals surface area contributed by atoms with E-state index in [2.05, 4.69) is 30.8 Å². The molecule has 3 heterocycles. The number of amides is 3. The predicted molar refractivity (Wildman–Crippen MR) is 114 cm³/mol.